The lowest BCUT2D eigenvalue weighted by molar-refractivity contribution is -0.128. The third-order valence-electron chi connectivity index (χ3n) is 7.80. The van der Waals surface area contributed by atoms with Crippen molar-refractivity contribution in [1.29, 1.82) is 0 Å². The number of rotatable bonds is 6. The summed E-state index contributed by atoms with van der Waals surface area (Å²) in [4.78, 5) is 32.3. The smallest absolute Gasteiger partial charge is 0.255 e. The van der Waals surface area contributed by atoms with Crippen LogP contribution >= 0.6 is 0 Å². The summed E-state index contributed by atoms with van der Waals surface area (Å²) in [6.45, 7) is 3.91. The first kappa shape index (κ1) is 26.2. The topological polar surface area (TPSA) is 43.9 Å². The van der Waals surface area contributed by atoms with Gasteiger partial charge in [-0.3, -0.25) is 14.5 Å². The summed E-state index contributed by atoms with van der Waals surface area (Å²) in [7, 11) is 0. The quantitative estimate of drug-likeness (QED) is 0.503. The fourth-order valence-corrected chi connectivity index (χ4v) is 5.70. The second-order valence-electron chi connectivity index (χ2n) is 10.4. The van der Waals surface area contributed by atoms with Crippen LogP contribution in [0.3, 0.4) is 0 Å². The maximum Gasteiger partial charge on any atom is 0.255 e. The highest BCUT2D eigenvalue weighted by Crippen LogP contribution is 2.26. The molecule has 0 aliphatic carbocycles. The highest BCUT2D eigenvalue weighted by Gasteiger charge is 2.30. The van der Waals surface area contributed by atoms with Crippen molar-refractivity contribution >= 4 is 11.7 Å². The normalized spacial score (nSPS) is 19.5. The Kier molecular flexibility index (Phi) is 7.98. The van der Waals surface area contributed by atoms with E-state index in [0.717, 1.165) is 38.5 Å². The number of carbonyl (C=O) groups excluding carboxylic acids is 2. The lowest BCUT2D eigenvalue weighted by atomic mass is 9.88. The number of carbonyl (C=O) groups is 2. The second kappa shape index (κ2) is 11.6. The van der Waals surface area contributed by atoms with Gasteiger partial charge in [-0.2, -0.15) is 0 Å². The first-order chi connectivity index (χ1) is 18.4. The van der Waals surface area contributed by atoms with E-state index in [-0.39, 0.29) is 23.4 Å². The molecule has 3 heterocycles. The van der Waals surface area contributed by atoms with Crippen molar-refractivity contribution in [2.75, 3.05) is 32.7 Å². The van der Waals surface area contributed by atoms with Crippen molar-refractivity contribution in [2.24, 2.45) is 5.92 Å². The average Bonchev–Trinajstić information content (AvgIpc) is 2.93. The van der Waals surface area contributed by atoms with Gasteiger partial charge in [0.05, 0.1) is 5.57 Å². The van der Waals surface area contributed by atoms with Crippen LogP contribution < -0.4 is 0 Å². The maximum atomic E-state index is 13.5. The van der Waals surface area contributed by atoms with Crippen LogP contribution in [0.15, 0.2) is 66.4 Å². The Morgan fingerprint density at radius 1 is 0.816 bits per heavy atom. The summed E-state index contributed by atoms with van der Waals surface area (Å²) >= 11 is 0. The van der Waals surface area contributed by atoms with Gasteiger partial charge in [-0.15, -0.1) is 0 Å². The van der Waals surface area contributed by atoms with Crippen LogP contribution in [0, 0.1) is 23.4 Å². The van der Waals surface area contributed by atoms with E-state index in [9.17, 15) is 22.8 Å². The molecule has 5 nitrogen and oxygen atoms in total. The van der Waals surface area contributed by atoms with Crippen LogP contribution in [0.4, 0.5) is 13.2 Å². The molecule has 2 aromatic rings. The number of piperidine rings is 2. The molecule has 0 atom stereocenters. The van der Waals surface area contributed by atoms with Crippen molar-refractivity contribution < 1.29 is 22.8 Å². The van der Waals surface area contributed by atoms with Crippen molar-refractivity contribution in [2.45, 2.75) is 38.3 Å². The third kappa shape index (κ3) is 6.18. The molecule has 0 spiro atoms. The molecule has 0 aromatic heterocycles. The molecule has 1 amide bonds. The zero-order chi connectivity index (χ0) is 26.6. The largest absolute Gasteiger partial charge is 0.370 e. The van der Waals surface area contributed by atoms with E-state index in [1.54, 1.807) is 0 Å². The highest BCUT2D eigenvalue weighted by atomic mass is 19.1. The van der Waals surface area contributed by atoms with Crippen LogP contribution in [0.5, 0.6) is 0 Å². The Hall–Kier alpha value is -3.39. The van der Waals surface area contributed by atoms with Crippen LogP contribution in [-0.4, -0.2) is 65.2 Å². The fraction of sp³-hybridized carbons (Fsp3) is 0.400. The Morgan fingerprint density at radius 3 is 2.13 bits per heavy atom. The van der Waals surface area contributed by atoms with Gasteiger partial charge in [0.15, 0.2) is 5.78 Å². The van der Waals surface area contributed by atoms with Gasteiger partial charge in [0, 0.05) is 69.1 Å². The minimum atomic E-state index is -0.555. The van der Waals surface area contributed by atoms with Crippen LogP contribution in [-0.2, 0) is 11.3 Å². The minimum absolute atomic E-state index is 0.00827. The summed E-state index contributed by atoms with van der Waals surface area (Å²) in [6.07, 6.45) is 8.84. The lowest BCUT2D eigenvalue weighted by Gasteiger charge is -2.39. The van der Waals surface area contributed by atoms with Crippen LogP contribution in [0.1, 0.15) is 41.6 Å². The summed E-state index contributed by atoms with van der Waals surface area (Å²) in [6, 6.07) is 9.59. The monoisotopic (exact) mass is 523 g/mol. The van der Waals surface area contributed by atoms with E-state index in [1.807, 2.05) is 23.3 Å². The zero-order valence-corrected chi connectivity index (χ0v) is 21.3. The SMILES string of the molecule is O=C(c1ccc(F)cc1)C1CCN(C(=O)C2=CN(C3CCN(Cc4cc(F)cc(F)c4)CC3)CC=C2)CC1. The molecule has 0 bridgehead atoms. The summed E-state index contributed by atoms with van der Waals surface area (Å²) in [5, 5.41) is 0. The summed E-state index contributed by atoms with van der Waals surface area (Å²) in [5.74, 6) is -1.65. The van der Waals surface area contributed by atoms with Gasteiger partial charge in [-0.1, -0.05) is 12.2 Å². The van der Waals surface area contributed by atoms with Gasteiger partial charge in [-0.25, -0.2) is 13.2 Å². The van der Waals surface area contributed by atoms with E-state index in [1.165, 1.54) is 36.4 Å². The fourth-order valence-electron chi connectivity index (χ4n) is 5.70. The molecule has 0 saturated carbocycles. The molecule has 3 aliphatic rings. The third-order valence-corrected chi connectivity index (χ3v) is 7.80. The molecule has 0 N–H and O–H groups in total. The molecule has 3 aliphatic heterocycles. The van der Waals surface area contributed by atoms with Gasteiger partial charge in [0.2, 0.25) is 0 Å². The minimum Gasteiger partial charge on any atom is -0.370 e. The van der Waals surface area contributed by atoms with E-state index >= 15 is 0 Å². The Morgan fingerprint density at radius 2 is 1.47 bits per heavy atom. The molecule has 200 valence electrons. The Balaban J connectivity index is 1.12. The van der Waals surface area contributed by atoms with Gasteiger partial charge >= 0.3 is 0 Å². The molecule has 2 aromatic carbocycles. The van der Waals surface area contributed by atoms with E-state index in [0.29, 0.717) is 55.2 Å². The molecule has 0 unspecified atom stereocenters. The predicted molar refractivity (Wildman–Crippen MR) is 139 cm³/mol. The molecule has 8 heteroatoms. The van der Waals surface area contributed by atoms with E-state index in [4.69, 9.17) is 0 Å². The number of likely N-dealkylation sites (tertiary alicyclic amines) is 2. The van der Waals surface area contributed by atoms with E-state index in [2.05, 4.69) is 9.80 Å². The van der Waals surface area contributed by atoms with Crippen molar-refractivity contribution in [3.8, 4) is 0 Å². The summed E-state index contributed by atoms with van der Waals surface area (Å²) in [5.41, 5.74) is 1.80. The number of benzene rings is 2. The molecular weight excluding hydrogens is 491 g/mol. The van der Waals surface area contributed by atoms with Crippen LogP contribution in [0.25, 0.3) is 0 Å². The number of Topliss-reactive ketones (excluding diaryl/α,β-unsaturated/α-hetero) is 1. The first-order valence-corrected chi connectivity index (χ1v) is 13.3. The van der Waals surface area contributed by atoms with Crippen LogP contribution in [0.2, 0.25) is 0 Å². The highest BCUT2D eigenvalue weighted by molar-refractivity contribution is 5.99. The molecule has 2 fully saturated rings. The van der Waals surface area contributed by atoms with Gasteiger partial charge in [0.1, 0.15) is 17.5 Å². The Labute approximate surface area is 221 Å². The van der Waals surface area contributed by atoms with Gasteiger partial charge < -0.3 is 9.80 Å². The summed E-state index contributed by atoms with van der Waals surface area (Å²) < 4.78 is 40.2. The number of halogens is 3. The average molecular weight is 524 g/mol. The lowest BCUT2D eigenvalue weighted by Crippen LogP contribution is -2.44. The molecule has 5 rings (SSSR count). The molecular formula is C30H32F3N3O2. The zero-order valence-electron chi connectivity index (χ0n) is 21.3. The first-order valence-electron chi connectivity index (χ1n) is 13.3. The standard InChI is InChI=1S/C30H32F3N3O2/c31-25-5-3-22(4-6-25)29(37)23-7-14-35(15-8-23)30(38)24-2-1-11-36(20-24)28-9-12-34(13-10-28)19-21-16-26(32)18-27(33)17-21/h1-6,16-18,20,23,28H,7-15,19H2. The molecule has 38 heavy (non-hydrogen) atoms. The van der Waals surface area contributed by atoms with Gasteiger partial charge in [-0.05, 0) is 67.6 Å². The number of ketones is 1. The number of nitrogens with zero attached hydrogens (tertiary/aromatic N) is 3. The van der Waals surface area contributed by atoms with Crippen molar-refractivity contribution in [1.82, 2.24) is 14.7 Å². The van der Waals surface area contributed by atoms with Crippen molar-refractivity contribution in [3.05, 3.63) is 95.0 Å². The number of hydrogen-bond acceptors (Lipinski definition) is 4. The molecule has 2 saturated heterocycles. The molecule has 0 radical (unpaired) electrons. The maximum absolute atomic E-state index is 13.5. The second-order valence-corrected chi connectivity index (χ2v) is 10.4. The van der Waals surface area contributed by atoms with E-state index < -0.39 is 11.6 Å². The van der Waals surface area contributed by atoms with Crippen molar-refractivity contribution in [3.63, 3.8) is 0 Å². The Bertz CT molecular complexity index is 1210. The number of hydrogen-bond donors (Lipinski definition) is 0. The predicted octanol–water partition coefficient (Wildman–Crippen LogP) is 4.95. The van der Waals surface area contributed by atoms with Gasteiger partial charge in [0.25, 0.3) is 5.91 Å². The number of amides is 1.